The Kier molecular flexibility index (Phi) is 7.12. The molecule has 7 heteroatoms. The Morgan fingerprint density at radius 2 is 1.96 bits per heavy atom. The van der Waals surface area contributed by atoms with E-state index in [0.717, 1.165) is 38.0 Å². The number of ether oxygens (including phenoxy) is 2. The number of nitrogens with zero attached hydrogens (tertiary/aromatic N) is 2. The third-order valence-corrected chi connectivity index (χ3v) is 5.09. The Morgan fingerprint density at radius 1 is 1.11 bits per heavy atom. The van der Waals surface area contributed by atoms with E-state index in [1.807, 2.05) is 35.2 Å². The number of hydrogen-bond donors (Lipinski definition) is 1. The fourth-order valence-electron chi connectivity index (χ4n) is 3.69. The number of benzene rings is 1. The van der Waals surface area contributed by atoms with Crippen LogP contribution in [0.15, 0.2) is 42.6 Å². The summed E-state index contributed by atoms with van der Waals surface area (Å²) in [6.07, 6.45) is 4.79. The minimum atomic E-state index is 0. The monoisotopic (exact) mass is 403 g/mol. The minimum Gasteiger partial charge on any atom is -0.486 e. The zero-order valence-corrected chi connectivity index (χ0v) is 16.6. The van der Waals surface area contributed by atoms with Crippen molar-refractivity contribution >= 4 is 18.3 Å². The van der Waals surface area contributed by atoms with E-state index in [4.69, 9.17) is 9.47 Å². The predicted molar refractivity (Wildman–Crippen MR) is 109 cm³/mol. The molecule has 150 valence electrons. The van der Waals surface area contributed by atoms with Crippen molar-refractivity contribution in [2.24, 2.45) is 0 Å². The topological polar surface area (TPSA) is 63.7 Å². The number of aromatic nitrogens is 1. The van der Waals surface area contributed by atoms with Crippen molar-refractivity contribution < 1.29 is 14.3 Å². The van der Waals surface area contributed by atoms with Gasteiger partial charge >= 0.3 is 0 Å². The van der Waals surface area contributed by atoms with Crippen LogP contribution in [0.5, 0.6) is 11.5 Å². The number of amides is 1. The van der Waals surface area contributed by atoms with Crippen molar-refractivity contribution in [2.45, 2.75) is 31.8 Å². The van der Waals surface area contributed by atoms with Crippen LogP contribution in [0.25, 0.3) is 0 Å². The molecular formula is C21H26ClN3O3. The SMILES string of the molecule is Cl.O=C(c1ccc2c(c1)OCCO2)N(Cc1ccccn1)C1CCCNCC1. The van der Waals surface area contributed by atoms with E-state index in [9.17, 15) is 4.79 Å². The van der Waals surface area contributed by atoms with Gasteiger partial charge in [0.1, 0.15) is 13.2 Å². The summed E-state index contributed by atoms with van der Waals surface area (Å²) in [5, 5.41) is 3.43. The number of pyridine rings is 1. The Balaban J connectivity index is 0.00000225. The van der Waals surface area contributed by atoms with Crippen LogP contribution in [0.4, 0.5) is 0 Å². The normalized spacial score (nSPS) is 18.5. The first-order valence-corrected chi connectivity index (χ1v) is 9.62. The highest BCUT2D eigenvalue weighted by Crippen LogP contribution is 2.31. The summed E-state index contributed by atoms with van der Waals surface area (Å²) in [4.78, 5) is 19.8. The maximum atomic E-state index is 13.4. The van der Waals surface area contributed by atoms with Crippen LogP contribution in [-0.4, -0.2) is 48.1 Å². The Labute approximate surface area is 171 Å². The third kappa shape index (κ3) is 4.75. The van der Waals surface area contributed by atoms with Crippen LogP contribution in [0.3, 0.4) is 0 Å². The number of nitrogens with one attached hydrogen (secondary N) is 1. The molecule has 0 spiro atoms. The molecule has 1 saturated heterocycles. The molecule has 1 fully saturated rings. The van der Waals surface area contributed by atoms with Crippen LogP contribution < -0.4 is 14.8 Å². The van der Waals surface area contributed by atoms with E-state index in [1.54, 1.807) is 12.3 Å². The van der Waals surface area contributed by atoms with E-state index in [1.165, 1.54) is 0 Å². The van der Waals surface area contributed by atoms with E-state index >= 15 is 0 Å². The first-order chi connectivity index (χ1) is 13.3. The zero-order valence-electron chi connectivity index (χ0n) is 15.8. The van der Waals surface area contributed by atoms with Crippen molar-refractivity contribution in [2.75, 3.05) is 26.3 Å². The molecule has 1 N–H and O–H groups in total. The Hall–Kier alpha value is -2.31. The standard InChI is InChI=1S/C21H25N3O3.ClH/c25-21(16-6-7-19-20(14-16)27-13-12-26-19)24(15-17-4-1-2-10-23-17)18-5-3-9-22-11-8-18;/h1-2,4,6-7,10,14,18,22H,3,5,8-9,11-13,15H2;1H. The summed E-state index contributed by atoms with van der Waals surface area (Å²) < 4.78 is 11.2. The van der Waals surface area contributed by atoms with E-state index in [-0.39, 0.29) is 24.4 Å². The first-order valence-electron chi connectivity index (χ1n) is 9.62. The molecule has 2 aromatic rings. The second kappa shape index (κ2) is 9.75. The van der Waals surface area contributed by atoms with Gasteiger partial charge < -0.3 is 19.7 Å². The highest BCUT2D eigenvalue weighted by atomic mass is 35.5. The molecular weight excluding hydrogens is 378 g/mol. The number of carbonyl (C=O) groups is 1. The molecule has 3 heterocycles. The fraction of sp³-hybridized carbons (Fsp3) is 0.429. The van der Waals surface area contributed by atoms with Crippen molar-refractivity contribution in [3.05, 3.63) is 53.9 Å². The highest BCUT2D eigenvalue weighted by Gasteiger charge is 2.27. The molecule has 2 aliphatic heterocycles. The van der Waals surface area contributed by atoms with Gasteiger partial charge in [0.05, 0.1) is 12.2 Å². The predicted octanol–water partition coefficient (Wildman–Crippen LogP) is 3.06. The van der Waals surface area contributed by atoms with Gasteiger partial charge in [0.25, 0.3) is 5.91 Å². The Bertz CT molecular complexity index is 780. The van der Waals surface area contributed by atoms with Crippen molar-refractivity contribution in [1.29, 1.82) is 0 Å². The third-order valence-electron chi connectivity index (χ3n) is 5.09. The maximum absolute atomic E-state index is 13.4. The quantitative estimate of drug-likeness (QED) is 0.850. The average Bonchev–Trinajstić information content (AvgIpc) is 3.01. The summed E-state index contributed by atoms with van der Waals surface area (Å²) in [5.41, 5.74) is 1.54. The van der Waals surface area contributed by atoms with Crippen molar-refractivity contribution in [1.82, 2.24) is 15.2 Å². The minimum absolute atomic E-state index is 0. The average molecular weight is 404 g/mol. The molecule has 1 atom stereocenters. The van der Waals surface area contributed by atoms with Crippen molar-refractivity contribution in [3.63, 3.8) is 0 Å². The maximum Gasteiger partial charge on any atom is 0.254 e. The number of rotatable bonds is 4. The molecule has 1 unspecified atom stereocenters. The molecule has 0 aliphatic carbocycles. The first kappa shape index (κ1) is 20.4. The number of carbonyl (C=O) groups excluding carboxylic acids is 1. The van der Waals surface area contributed by atoms with Gasteiger partial charge in [-0.2, -0.15) is 0 Å². The number of fused-ring (bicyclic) bond motifs is 1. The summed E-state index contributed by atoms with van der Waals surface area (Å²) in [6.45, 7) is 3.50. The van der Waals surface area contributed by atoms with Gasteiger partial charge in [0, 0.05) is 17.8 Å². The van der Waals surface area contributed by atoms with E-state index < -0.39 is 0 Å². The van der Waals surface area contributed by atoms with Crippen LogP contribution in [0.1, 0.15) is 35.3 Å². The molecule has 1 aromatic heterocycles. The lowest BCUT2D eigenvalue weighted by Crippen LogP contribution is -2.40. The smallest absolute Gasteiger partial charge is 0.254 e. The molecule has 0 radical (unpaired) electrons. The molecule has 0 saturated carbocycles. The lowest BCUT2D eigenvalue weighted by molar-refractivity contribution is 0.0641. The fourth-order valence-corrected chi connectivity index (χ4v) is 3.69. The summed E-state index contributed by atoms with van der Waals surface area (Å²) in [7, 11) is 0. The van der Waals surface area contributed by atoms with Gasteiger partial charge in [-0.05, 0) is 62.7 Å². The Morgan fingerprint density at radius 3 is 2.79 bits per heavy atom. The van der Waals surface area contributed by atoms with E-state index in [2.05, 4.69) is 10.3 Å². The zero-order chi connectivity index (χ0) is 18.5. The van der Waals surface area contributed by atoms with Gasteiger partial charge in [-0.3, -0.25) is 9.78 Å². The van der Waals surface area contributed by atoms with Gasteiger partial charge in [-0.15, -0.1) is 12.4 Å². The van der Waals surface area contributed by atoms with Crippen LogP contribution in [0.2, 0.25) is 0 Å². The highest BCUT2D eigenvalue weighted by molar-refractivity contribution is 5.95. The molecule has 4 rings (SSSR count). The van der Waals surface area contributed by atoms with Gasteiger partial charge in [0.15, 0.2) is 11.5 Å². The largest absolute Gasteiger partial charge is 0.486 e. The van der Waals surface area contributed by atoms with Crippen molar-refractivity contribution in [3.8, 4) is 11.5 Å². The molecule has 0 bridgehead atoms. The van der Waals surface area contributed by atoms with E-state index in [0.29, 0.717) is 36.8 Å². The molecule has 1 aromatic carbocycles. The van der Waals surface area contributed by atoms with Crippen LogP contribution in [0, 0.1) is 0 Å². The molecule has 28 heavy (non-hydrogen) atoms. The van der Waals surface area contributed by atoms with Gasteiger partial charge in [-0.25, -0.2) is 0 Å². The van der Waals surface area contributed by atoms with Gasteiger partial charge in [0.2, 0.25) is 0 Å². The lowest BCUT2D eigenvalue weighted by atomic mass is 10.0. The summed E-state index contributed by atoms with van der Waals surface area (Å²) >= 11 is 0. The second-order valence-electron chi connectivity index (χ2n) is 6.95. The second-order valence-corrected chi connectivity index (χ2v) is 6.95. The summed E-state index contributed by atoms with van der Waals surface area (Å²) in [5.74, 6) is 1.37. The van der Waals surface area contributed by atoms with Crippen LogP contribution >= 0.6 is 12.4 Å². The van der Waals surface area contributed by atoms with Gasteiger partial charge in [-0.1, -0.05) is 6.07 Å². The molecule has 2 aliphatic rings. The summed E-state index contributed by atoms with van der Waals surface area (Å²) in [6, 6.07) is 11.5. The molecule has 1 amide bonds. The molecule has 6 nitrogen and oxygen atoms in total. The number of halogens is 1. The number of hydrogen-bond acceptors (Lipinski definition) is 5. The van der Waals surface area contributed by atoms with Crippen LogP contribution in [-0.2, 0) is 6.54 Å². The lowest BCUT2D eigenvalue weighted by Gasteiger charge is -2.31.